The molecule has 0 radical (unpaired) electrons. The van der Waals surface area contributed by atoms with Crippen LogP contribution in [0.5, 0.6) is 0 Å². The van der Waals surface area contributed by atoms with Gasteiger partial charge in [-0.25, -0.2) is 4.79 Å². The van der Waals surface area contributed by atoms with E-state index in [4.69, 9.17) is 27.8 Å². The highest BCUT2D eigenvalue weighted by molar-refractivity contribution is 6.74. The maximum atomic E-state index is 14.0. The fourth-order valence-electron chi connectivity index (χ4n) is 5.40. The van der Waals surface area contributed by atoms with E-state index in [1.54, 1.807) is 0 Å². The topological polar surface area (TPSA) is 92.7 Å². The van der Waals surface area contributed by atoms with Gasteiger partial charge in [-0.05, 0) is 53.0 Å². The minimum absolute atomic E-state index is 0.0121. The van der Waals surface area contributed by atoms with Crippen LogP contribution in [0, 0.1) is 0 Å². The number of ether oxygens (including phenoxy) is 4. The van der Waals surface area contributed by atoms with Crippen molar-refractivity contribution >= 4 is 22.6 Å². The number of carbonyl (C=O) groups excluding carboxylic acids is 1. The third-order valence-corrected chi connectivity index (χ3v) is 19.6. The van der Waals surface area contributed by atoms with Crippen molar-refractivity contribution in [3.8, 4) is 0 Å². The molecular weight excluding hydrogens is 677 g/mol. The summed E-state index contributed by atoms with van der Waals surface area (Å²) in [6, 6.07) is 29.2. The molecule has 4 rings (SSSR count). The largest absolute Gasteiger partial charge is 0.457 e. The van der Waals surface area contributed by atoms with Crippen LogP contribution in [-0.4, -0.2) is 64.5 Å². The Balaban J connectivity index is 1.77. The Morgan fingerprint density at radius 1 is 0.745 bits per heavy atom. The van der Waals surface area contributed by atoms with Crippen molar-refractivity contribution in [3.05, 3.63) is 108 Å². The van der Waals surface area contributed by atoms with Gasteiger partial charge in [0.2, 0.25) is 0 Å². The maximum Gasteiger partial charge on any atom is 0.367 e. The van der Waals surface area contributed by atoms with Gasteiger partial charge in [-0.1, -0.05) is 133 Å². The van der Waals surface area contributed by atoms with Crippen molar-refractivity contribution < 1.29 is 37.7 Å². The summed E-state index contributed by atoms with van der Waals surface area (Å²) < 4.78 is 39.7. The lowest BCUT2D eigenvalue weighted by atomic mass is 9.92. The zero-order valence-electron chi connectivity index (χ0n) is 32.3. The molecule has 0 aliphatic carbocycles. The summed E-state index contributed by atoms with van der Waals surface area (Å²) in [4.78, 5) is 14.0. The maximum absolute atomic E-state index is 14.0. The molecule has 1 heterocycles. The Morgan fingerprint density at radius 3 is 1.69 bits per heavy atom. The van der Waals surface area contributed by atoms with E-state index in [1.807, 2.05) is 91.0 Å². The second kappa shape index (κ2) is 17.0. The Hall–Kier alpha value is -2.68. The first-order chi connectivity index (χ1) is 23.8. The van der Waals surface area contributed by atoms with Gasteiger partial charge in [-0.15, -0.1) is 0 Å². The molecule has 51 heavy (non-hydrogen) atoms. The van der Waals surface area contributed by atoms with Crippen molar-refractivity contribution in [1.82, 2.24) is 0 Å². The highest BCUT2D eigenvalue weighted by atomic mass is 28.4. The molecule has 1 fully saturated rings. The average Bonchev–Trinajstić information content (AvgIpc) is 3.06. The number of hydrogen-bond donors (Lipinski definition) is 1. The molecule has 1 N–H and O–H groups in total. The zero-order valence-corrected chi connectivity index (χ0v) is 34.3. The van der Waals surface area contributed by atoms with Crippen LogP contribution in [0.15, 0.2) is 91.0 Å². The minimum atomic E-state index is -2.49. The third-order valence-electron chi connectivity index (χ3n) is 10.6. The SMILES string of the molecule is CC(C)(C)[Si](C)(C)O[C@H]1[C@@H]([C@@H](COCc2ccccc2)OCc2ccccc2)OC(O)(C(=O)OCc2ccccc2)C[C@H]1O[Si](C)(C)C(C)(C)C. The smallest absolute Gasteiger partial charge is 0.367 e. The molecule has 0 spiro atoms. The van der Waals surface area contributed by atoms with Crippen LogP contribution < -0.4 is 0 Å². The van der Waals surface area contributed by atoms with Crippen molar-refractivity contribution in [2.45, 2.75) is 134 Å². The first kappa shape index (κ1) is 41.1. The molecule has 3 aromatic rings. The lowest BCUT2D eigenvalue weighted by Gasteiger charge is -2.52. The Bertz CT molecular complexity index is 1510. The van der Waals surface area contributed by atoms with Crippen molar-refractivity contribution in [1.29, 1.82) is 0 Å². The molecule has 0 bridgehead atoms. The lowest BCUT2D eigenvalue weighted by Crippen LogP contribution is -2.67. The van der Waals surface area contributed by atoms with Gasteiger partial charge in [0.05, 0.1) is 32.0 Å². The van der Waals surface area contributed by atoms with Crippen LogP contribution in [0.25, 0.3) is 0 Å². The molecule has 5 atom stereocenters. The van der Waals surface area contributed by atoms with Gasteiger partial charge in [0.15, 0.2) is 16.6 Å². The van der Waals surface area contributed by atoms with E-state index in [-0.39, 0.29) is 36.3 Å². The molecule has 280 valence electrons. The van der Waals surface area contributed by atoms with Gasteiger partial charge in [-0.2, -0.15) is 0 Å². The minimum Gasteiger partial charge on any atom is -0.457 e. The van der Waals surface area contributed by atoms with Crippen molar-refractivity contribution in [3.63, 3.8) is 0 Å². The van der Waals surface area contributed by atoms with Crippen LogP contribution >= 0.6 is 0 Å². The van der Waals surface area contributed by atoms with Crippen LogP contribution in [0.2, 0.25) is 36.3 Å². The second-order valence-electron chi connectivity index (χ2n) is 16.7. The van der Waals surface area contributed by atoms with Gasteiger partial charge >= 0.3 is 5.97 Å². The Morgan fingerprint density at radius 2 is 1.20 bits per heavy atom. The predicted octanol–water partition coefficient (Wildman–Crippen LogP) is 8.79. The number of rotatable bonds is 15. The highest BCUT2D eigenvalue weighted by Crippen LogP contribution is 2.45. The average molecular weight is 737 g/mol. The zero-order chi connectivity index (χ0) is 37.5. The summed E-state index contributed by atoms with van der Waals surface area (Å²) in [6.07, 6.45) is -3.23. The number of hydrogen-bond acceptors (Lipinski definition) is 8. The van der Waals surface area contributed by atoms with Gasteiger partial charge in [0.1, 0.15) is 18.8 Å². The van der Waals surface area contributed by atoms with E-state index in [0.717, 1.165) is 16.7 Å². The number of aliphatic hydroxyl groups is 1. The normalized spacial score (nSPS) is 22.4. The second-order valence-corrected chi connectivity index (χ2v) is 26.2. The molecule has 0 aromatic heterocycles. The fourth-order valence-corrected chi connectivity index (χ4v) is 8.05. The van der Waals surface area contributed by atoms with Crippen LogP contribution in [0.3, 0.4) is 0 Å². The van der Waals surface area contributed by atoms with E-state index in [1.165, 1.54) is 0 Å². The van der Waals surface area contributed by atoms with Gasteiger partial charge < -0.3 is 32.9 Å². The molecule has 8 nitrogen and oxygen atoms in total. The molecular formula is C41H60O8Si2. The van der Waals surface area contributed by atoms with Crippen LogP contribution in [-0.2, 0) is 52.4 Å². The molecule has 0 amide bonds. The van der Waals surface area contributed by atoms with Gasteiger partial charge in [-0.3, -0.25) is 0 Å². The summed E-state index contributed by atoms with van der Waals surface area (Å²) in [6.45, 7) is 22.5. The first-order valence-electron chi connectivity index (χ1n) is 18.1. The van der Waals surface area contributed by atoms with E-state index >= 15 is 0 Å². The predicted molar refractivity (Wildman–Crippen MR) is 206 cm³/mol. The highest BCUT2D eigenvalue weighted by Gasteiger charge is 2.58. The van der Waals surface area contributed by atoms with Crippen LogP contribution in [0.4, 0.5) is 0 Å². The standard InChI is InChI=1S/C41H60O8Si2/c1-39(2,3)50(7,8)48-34-26-41(43,38(42)46-29-33-24-18-13-19-25-33)47-36(37(34)49-51(9,10)40(4,5)6)35(45-28-32-22-16-12-17-23-32)30-44-27-31-20-14-11-15-21-31/h11-25,34-37,43H,26-30H2,1-10H3/t34-,35-,36-,37-,41?/m1/s1. The lowest BCUT2D eigenvalue weighted by molar-refractivity contribution is -0.312. The summed E-state index contributed by atoms with van der Waals surface area (Å²) in [5.74, 6) is -3.20. The van der Waals surface area contributed by atoms with E-state index in [0.29, 0.717) is 6.61 Å². The van der Waals surface area contributed by atoms with Crippen LogP contribution in [0.1, 0.15) is 64.7 Å². The Labute approximate surface area is 308 Å². The monoisotopic (exact) mass is 736 g/mol. The molecule has 1 unspecified atom stereocenters. The van der Waals surface area contributed by atoms with Gasteiger partial charge in [0.25, 0.3) is 5.79 Å². The first-order valence-corrected chi connectivity index (χ1v) is 23.9. The molecule has 3 aromatic carbocycles. The molecule has 0 saturated carbocycles. The summed E-state index contributed by atoms with van der Waals surface area (Å²) in [7, 11) is -4.97. The van der Waals surface area contributed by atoms with E-state index in [2.05, 4.69) is 67.7 Å². The number of benzene rings is 3. The number of carbonyl (C=O) groups is 1. The molecule has 1 aliphatic heterocycles. The summed E-state index contributed by atoms with van der Waals surface area (Å²) in [5.41, 5.74) is 2.78. The molecule has 1 aliphatic rings. The fraction of sp³-hybridized carbons (Fsp3) is 0.537. The van der Waals surface area contributed by atoms with E-state index < -0.39 is 52.8 Å². The molecule has 1 saturated heterocycles. The third kappa shape index (κ3) is 11.2. The molecule has 10 heteroatoms. The van der Waals surface area contributed by atoms with Crippen molar-refractivity contribution in [2.24, 2.45) is 0 Å². The van der Waals surface area contributed by atoms with Gasteiger partial charge in [0, 0.05) is 6.42 Å². The van der Waals surface area contributed by atoms with E-state index in [9.17, 15) is 9.90 Å². The number of esters is 1. The summed E-state index contributed by atoms with van der Waals surface area (Å²) >= 11 is 0. The quantitative estimate of drug-likeness (QED) is 0.122. The summed E-state index contributed by atoms with van der Waals surface area (Å²) in [5, 5.41) is 12.0. The van der Waals surface area contributed by atoms with Crippen molar-refractivity contribution in [2.75, 3.05) is 6.61 Å². The Kier molecular flexibility index (Phi) is 13.7.